The van der Waals surface area contributed by atoms with E-state index in [0.29, 0.717) is 24.1 Å². The number of benzene rings is 1. The molecule has 0 unspecified atom stereocenters. The van der Waals surface area contributed by atoms with Crippen LogP contribution in [0.15, 0.2) is 48.8 Å². The van der Waals surface area contributed by atoms with Crippen LogP contribution in [0, 0.1) is 11.7 Å². The molecule has 1 aromatic carbocycles. The van der Waals surface area contributed by atoms with Crippen LogP contribution in [-0.2, 0) is 4.74 Å². The third-order valence-electron chi connectivity index (χ3n) is 4.74. The summed E-state index contributed by atoms with van der Waals surface area (Å²) in [6.45, 7) is 2.18. The second kappa shape index (κ2) is 8.31. The quantitative estimate of drug-likeness (QED) is 0.727. The van der Waals surface area contributed by atoms with Crippen molar-refractivity contribution in [2.24, 2.45) is 5.92 Å². The average molecular weight is 381 g/mol. The van der Waals surface area contributed by atoms with Gasteiger partial charge in [0.25, 0.3) is 5.91 Å². The molecule has 7 heteroatoms. The molecule has 0 aliphatic carbocycles. The molecule has 6 nitrogen and oxygen atoms in total. The molecule has 2 aromatic heterocycles. The molecule has 1 amide bonds. The van der Waals surface area contributed by atoms with Crippen LogP contribution in [0.2, 0.25) is 0 Å². The van der Waals surface area contributed by atoms with Crippen molar-refractivity contribution in [1.29, 1.82) is 0 Å². The molecule has 144 valence electrons. The molecule has 0 saturated carbocycles. The van der Waals surface area contributed by atoms with Crippen molar-refractivity contribution >= 4 is 22.4 Å². The van der Waals surface area contributed by atoms with Gasteiger partial charge in [0.2, 0.25) is 5.88 Å². The topological polar surface area (TPSA) is 73.3 Å². The number of amides is 1. The highest BCUT2D eigenvalue weighted by Crippen LogP contribution is 2.27. The van der Waals surface area contributed by atoms with E-state index in [4.69, 9.17) is 9.47 Å². The Bertz CT molecular complexity index is 972. The third-order valence-corrected chi connectivity index (χ3v) is 4.74. The van der Waals surface area contributed by atoms with Crippen LogP contribution < -0.4 is 10.1 Å². The smallest absolute Gasteiger partial charge is 0.274 e. The highest BCUT2D eigenvalue weighted by molar-refractivity contribution is 6.04. The molecule has 1 aliphatic rings. The molecule has 1 fully saturated rings. The molecule has 1 N–H and O–H groups in total. The summed E-state index contributed by atoms with van der Waals surface area (Å²) in [5.74, 6) is 0.182. The van der Waals surface area contributed by atoms with Crippen molar-refractivity contribution in [2.45, 2.75) is 12.8 Å². The fraction of sp³-hybridized carbons (Fsp3) is 0.286. The van der Waals surface area contributed by atoms with Crippen LogP contribution in [-0.4, -0.2) is 35.7 Å². The van der Waals surface area contributed by atoms with E-state index in [1.807, 2.05) is 18.2 Å². The van der Waals surface area contributed by atoms with Gasteiger partial charge in [0, 0.05) is 30.5 Å². The molecule has 4 rings (SSSR count). The van der Waals surface area contributed by atoms with Gasteiger partial charge in [0.1, 0.15) is 11.5 Å². The minimum Gasteiger partial charge on any atom is -0.477 e. The van der Waals surface area contributed by atoms with Gasteiger partial charge in [-0.25, -0.2) is 14.4 Å². The average Bonchev–Trinajstić information content (AvgIpc) is 2.73. The van der Waals surface area contributed by atoms with Crippen LogP contribution in [0.5, 0.6) is 5.88 Å². The number of pyridine rings is 2. The summed E-state index contributed by atoms with van der Waals surface area (Å²) in [5, 5.41) is 4.56. The third kappa shape index (κ3) is 4.26. The number of carbonyl (C=O) groups is 1. The first-order valence-electron chi connectivity index (χ1n) is 9.21. The molecular formula is C21H20FN3O3. The normalized spacial score (nSPS) is 14.8. The Balaban J connectivity index is 1.48. The van der Waals surface area contributed by atoms with Gasteiger partial charge in [-0.3, -0.25) is 4.79 Å². The minimum atomic E-state index is -0.483. The summed E-state index contributed by atoms with van der Waals surface area (Å²) in [6, 6.07) is 9.91. The Morgan fingerprint density at radius 1 is 1.18 bits per heavy atom. The standard InChI is InChI=1S/C21H20FN3O3/c22-16-1-4-19(24-12-16)20(26)25-17-2-3-18-15(11-17)5-8-23-21(18)28-13-14-6-9-27-10-7-14/h1-5,8,11-12,14H,6-7,9-10,13H2,(H,25,26). The maximum absolute atomic E-state index is 13.0. The van der Waals surface area contributed by atoms with E-state index in [1.165, 1.54) is 12.1 Å². The lowest BCUT2D eigenvalue weighted by Crippen LogP contribution is -2.21. The minimum absolute atomic E-state index is 0.150. The number of rotatable bonds is 5. The van der Waals surface area contributed by atoms with E-state index in [2.05, 4.69) is 15.3 Å². The number of aromatic nitrogens is 2. The molecule has 3 aromatic rings. The fourth-order valence-corrected chi connectivity index (χ4v) is 3.16. The number of nitrogens with one attached hydrogen (secondary N) is 1. The van der Waals surface area contributed by atoms with Gasteiger partial charge < -0.3 is 14.8 Å². The molecule has 3 heterocycles. The fourth-order valence-electron chi connectivity index (χ4n) is 3.16. The van der Waals surface area contributed by atoms with E-state index in [9.17, 15) is 9.18 Å². The summed E-state index contributed by atoms with van der Waals surface area (Å²) in [6.07, 6.45) is 4.70. The van der Waals surface area contributed by atoms with Crippen LogP contribution in [0.1, 0.15) is 23.3 Å². The summed E-state index contributed by atoms with van der Waals surface area (Å²) in [4.78, 5) is 20.4. The van der Waals surface area contributed by atoms with E-state index in [-0.39, 0.29) is 5.69 Å². The summed E-state index contributed by atoms with van der Waals surface area (Å²) < 4.78 is 24.3. The van der Waals surface area contributed by atoms with Gasteiger partial charge in [-0.15, -0.1) is 0 Å². The second-order valence-electron chi connectivity index (χ2n) is 6.73. The van der Waals surface area contributed by atoms with Gasteiger partial charge in [0.15, 0.2) is 0 Å². The zero-order valence-electron chi connectivity index (χ0n) is 15.2. The number of hydrogen-bond donors (Lipinski definition) is 1. The monoisotopic (exact) mass is 381 g/mol. The molecule has 0 radical (unpaired) electrons. The van der Waals surface area contributed by atoms with Crippen LogP contribution in [0.25, 0.3) is 10.8 Å². The predicted octanol–water partition coefficient (Wildman–Crippen LogP) is 3.83. The Morgan fingerprint density at radius 2 is 2.04 bits per heavy atom. The number of anilines is 1. The first-order chi connectivity index (χ1) is 13.7. The largest absolute Gasteiger partial charge is 0.477 e. The van der Waals surface area contributed by atoms with Crippen LogP contribution in [0.4, 0.5) is 10.1 Å². The Kier molecular flexibility index (Phi) is 5.43. The van der Waals surface area contributed by atoms with Crippen LogP contribution in [0.3, 0.4) is 0 Å². The zero-order chi connectivity index (χ0) is 19.3. The highest BCUT2D eigenvalue weighted by Gasteiger charge is 2.16. The number of hydrogen-bond acceptors (Lipinski definition) is 5. The molecule has 0 bridgehead atoms. The molecule has 28 heavy (non-hydrogen) atoms. The Morgan fingerprint density at radius 3 is 2.82 bits per heavy atom. The molecule has 0 spiro atoms. The lowest BCUT2D eigenvalue weighted by atomic mass is 10.0. The number of carbonyl (C=O) groups excluding carboxylic acids is 1. The zero-order valence-corrected chi connectivity index (χ0v) is 15.2. The second-order valence-corrected chi connectivity index (χ2v) is 6.73. The number of fused-ring (bicyclic) bond motifs is 1. The number of ether oxygens (including phenoxy) is 2. The van der Waals surface area contributed by atoms with Crippen molar-refractivity contribution in [1.82, 2.24) is 9.97 Å². The molecule has 0 atom stereocenters. The molecule has 1 saturated heterocycles. The summed E-state index contributed by atoms with van der Waals surface area (Å²) >= 11 is 0. The van der Waals surface area contributed by atoms with Crippen molar-refractivity contribution in [3.05, 3.63) is 60.3 Å². The lowest BCUT2D eigenvalue weighted by Gasteiger charge is -2.22. The van der Waals surface area contributed by atoms with E-state index < -0.39 is 11.7 Å². The van der Waals surface area contributed by atoms with Crippen molar-refractivity contribution in [3.63, 3.8) is 0 Å². The molecule has 1 aliphatic heterocycles. The predicted molar refractivity (Wildman–Crippen MR) is 103 cm³/mol. The van der Waals surface area contributed by atoms with Gasteiger partial charge >= 0.3 is 0 Å². The van der Waals surface area contributed by atoms with Gasteiger partial charge in [-0.2, -0.15) is 0 Å². The highest BCUT2D eigenvalue weighted by atomic mass is 19.1. The van der Waals surface area contributed by atoms with Crippen molar-refractivity contribution in [2.75, 3.05) is 25.1 Å². The first kappa shape index (κ1) is 18.3. The Hall–Kier alpha value is -3.06. The maximum Gasteiger partial charge on any atom is 0.274 e. The maximum atomic E-state index is 13.0. The number of halogens is 1. The summed E-state index contributed by atoms with van der Waals surface area (Å²) in [5.41, 5.74) is 0.766. The molecular weight excluding hydrogens is 361 g/mol. The van der Waals surface area contributed by atoms with Crippen LogP contribution >= 0.6 is 0 Å². The van der Waals surface area contributed by atoms with E-state index in [1.54, 1.807) is 12.3 Å². The first-order valence-corrected chi connectivity index (χ1v) is 9.21. The van der Waals surface area contributed by atoms with Crippen molar-refractivity contribution < 1.29 is 18.7 Å². The SMILES string of the molecule is O=C(Nc1ccc2c(OCC3CCOCC3)nccc2c1)c1ccc(F)cn1. The number of nitrogens with zero attached hydrogens (tertiary/aromatic N) is 2. The summed E-state index contributed by atoms with van der Waals surface area (Å²) in [7, 11) is 0. The Labute approximate surface area is 161 Å². The van der Waals surface area contributed by atoms with Gasteiger partial charge in [0.05, 0.1) is 12.8 Å². The van der Waals surface area contributed by atoms with E-state index in [0.717, 1.165) is 43.0 Å². The van der Waals surface area contributed by atoms with Gasteiger partial charge in [-0.05, 0) is 60.5 Å². The van der Waals surface area contributed by atoms with Crippen molar-refractivity contribution in [3.8, 4) is 5.88 Å². The van der Waals surface area contributed by atoms with E-state index >= 15 is 0 Å². The lowest BCUT2D eigenvalue weighted by molar-refractivity contribution is 0.0493. The van der Waals surface area contributed by atoms with Gasteiger partial charge in [-0.1, -0.05) is 0 Å².